The summed E-state index contributed by atoms with van der Waals surface area (Å²) >= 11 is 0. The predicted molar refractivity (Wildman–Crippen MR) is 100 cm³/mol. The molecule has 8 heteroatoms. The first-order chi connectivity index (χ1) is 11.1. The Morgan fingerprint density at radius 2 is 2.04 bits per heavy atom. The lowest BCUT2D eigenvalue weighted by Gasteiger charge is -2.13. The van der Waals surface area contributed by atoms with Crippen molar-refractivity contribution in [2.75, 3.05) is 13.6 Å². The minimum atomic E-state index is -0.380. The molecule has 0 fully saturated rings. The molecule has 138 valence electrons. The Balaban J connectivity index is 0.00000288. The number of carbonyl (C=O) groups excluding carboxylic acids is 1. The van der Waals surface area contributed by atoms with E-state index in [0.29, 0.717) is 24.7 Å². The number of nitrogens with zero attached hydrogens (tertiary/aromatic N) is 1. The zero-order chi connectivity index (χ0) is 16.7. The molecule has 1 heterocycles. The molecule has 2 N–H and O–H groups in total. The minimum Gasteiger partial charge on any atom is -0.439 e. The summed E-state index contributed by atoms with van der Waals surface area (Å²) in [6, 6.07) is 9.41. The molecule has 5 nitrogen and oxygen atoms in total. The first-order valence-electron chi connectivity index (χ1n) is 7.39. The van der Waals surface area contributed by atoms with Gasteiger partial charge >= 0.3 is 0 Å². The van der Waals surface area contributed by atoms with E-state index >= 15 is 0 Å². The van der Waals surface area contributed by atoms with E-state index in [9.17, 15) is 9.18 Å². The second-order valence-electron chi connectivity index (χ2n) is 5.20. The van der Waals surface area contributed by atoms with Gasteiger partial charge in [-0.05, 0) is 25.2 Å². The Morgan fingerprint density at radius 1 is 1.28 bits per heavy atom. The number of aromatic nitrogens is 1. The van der Waals surface area contributed by atoms with Crippen LogP contribution >= 0.6 is 24.8 Å². The average molecular weight is 390 g/mol. The van der Waals surface area contributed by atoms with Crippen molar-refractivity contribution in [3.63, 3.8) is 0 Å². The highest BCUT2D eigenvalue weighted by Crippen LogP contribution is 2.23. The van der Waals surface area contributed by atoms with Gasteiger partial charge in [-0.2, -0.15) is 0 Å². The molecule has 25 heavy (non-hydrogen) atoms. The van der Waals surface area contributed by atoms with Crippen molar-refractivity contribution in [2.24, 2.45) is 5.92 Å². The summed E-state index contributed by atoms with van der Waals surface area (Å²) in [4.78, 5) is 16.1. The van der Waals surface area contributed by atoms with Gasteiger partial charge in [0.15, 0.2) is 0 Å². The van der Waals surface area contributed by atoms with Gasteiger partial charge in [0, 0.05) is 36.8 Å². The fraction of sp³-hybridized carbons (Fsp3) is 0.294. The molecule has 0 bridgehead atoms. The molecule has 0 spiro atoms. The monoisotopic (exact) mass is 389 g/mol. The van der Waals surface area contributed by atoms with Crippen LogP contribution in [0.2, 0.25) is 0 Å². The third-order valence-electron chi connectivity index (χ3n) is 3.27. The number of carbonyl (C=O) groups is 1. The van der Waals surface area contributed by atoms with Crippen molar-refractivity contribution in [1.29, 1.82) is 0 Å². The number of nitrogens with one attached hydrogen (secondary N) is 2. The first-order valence-corrected chi connectivity index (χ1v) is 7.39. The van der Waals surface area contributed by atoms with Crippen molar-refractivity contribution in [3.05, 3.63) is 54.0 Å². The molecule has 1 amide bonds. The van der Waals surface area contributed by atoms with Crippen LogP contribution in [0.1, 0.15) is 12.5 Å². The highest BCUT2D eigenvalue weighted by Gasteiger charge is 2.13. The molecule has 0 aliphatic carbocycles. The first kappa shape index (κ1) is 23.1. The van der Waals surface area contributed by atoms with E-state index < -0.39 is 0 Å². The molecule has 0 saturated heterocycles. The van der Waals surface area contributed by atoms with Crippen LogP contribution in [-0.4, -0.2) is 24.5 Å². The maximum Gasteiger partial charge on any atom is 0.224 e. The summed E-state index contributed by atoms with van der Waals surface area (Å²) in [5.41, 5.74) is 0.724. The number of ether oxygens (including phenoxy) is 1. The summed E-state index contributed by atoms with van der Waals surface area (Å²) < 4.78 is 18.8. The van der Waals surface area contributed by atoms with Crippen LogP contribution in [0.3, 0.4) is 0 Å². The number of rotatable bonds is 7. The normalized spacial score (nSPS) is 10.8. The van der Waals surface area contributed by atoms with Crippen LogP contribution in [0.15, 0.2) is 42.6 Å². The standard InChI is InChI=1S/C17H20FN3O2.2ClH/c1-12(10-19-2)16(22)21-11-13-5-4-8-20-17(13)23-15-7-3-6-14(18)9-15;;/h3-9,12,19H,10-11H2,1-2H3,(H,21,22);2*1H. The molecule has 1 aromatic heterocycles. The van der Waals surface area contributed by atoms with Gasteiger partial charge in [0.25, 0.3) is 0 Å². The molecular weight excluding hydrogens is 368 g/mol. The van der Waals surface area contributed by atoms with Gasteiger partial charge in [0.1, 0.15) is 11.6 Å². The fourth-order valence-corrected chi connectivity index (χ4v) is 2.05. The predicted octanol–water partition coefficient (Wildman–Crippen LogP) is 3.33. The second-order valence-corrected chi connectivity index (χ2v) is 5.20. The van der Waals surface area contributed by atoms with E-state index in [-0.39, 0.29) is 42.5 Å². The van der Waals surface area contributed by atoms with Crippen molar-refractivity contribution < 1.29 is 13.9 Å². The van der Waals surface area contributed by atoms with E-state index in [1.807, 2.05) is 13.0 Å². The van der Waals surface area contributed by atoms with Gasteiger partial charge in [-0.3, -0.25) is 4.79 Å². The lowest BCUT2D eigenvalue weighted by molar-refractivity contribution is -0.124. The Kier molecular flexibility index (Phi) is 10.7. The SMILES string of the molecule is CNCC(C)C(=O)NCc1cccnc1Oc1cccc(F)c1.Cl.Cl. The van der Waals surface area contributed by atoms with Crippen LogP contribution < -0.4 is 15.4 Å². The molecule has 1 atom stereocenters. The molecule has 0 aliphatic rings. The van der Waals surface area contributed by atoms with E-state index in [2.05, 4.69) is 15.6 Å². The Hall–Kier alpha value is -1.89. The van der Waals surface area contributed by atoms with Crippen LogP contribution in [0.4, 0.5) is 4.39 Å². The highest BCUT2D eigenvalue weighted by molar-refractivity contribution is 5.85. The maximum atomic E-state index is 13.2. The van der Waals surface area contributed by atoms with E-state index in [0.717, 1.165) is 5.56 Å². The molecule has 0 radical (unpaired) electrons. The van der Waals surface area contributed by atoms with Gasteiger partial charge in [-0.1, -0.05) is 19.1 Å². The van der Waals surface area contributed by atoms with Gasteiger partial charge in [0.2, 0.25) is 11.8 Å². The average Bonchev–Trinajstić information content (AvgIpc) is 2.54. The molecule has 2 aromatic rings. The molecular formula is C17H22Cl2FN3O2. The molecule has 1 unspecified atom stereocenters. The largest absolute Gasteiger partial charge is 0.439 e. The number of pyridine rings is 1. The Bertz CT molecular complexity index is 674. The van der Waals surface area contributed by atoms with Crippen LogP contribution in [0.5, 0.6) is 11.6 Å². The topological polar surface area (TPSA) is 63.2 Å². The van der Waals surface area contributed by atoms with E-state index in [4.69, 9.17) is 4.74 Å². The second kappa shape index (κ2) is 11.6. The summed E-state index contributed by atoms with van der Waals surface area (Å²) in [5, 5.41) is 5.81. The zero-order valence-corrected chi connectivity index (χ0v) is 15.6. The Labute approximate surface area is 159 Å². The molecule has 1 aromatic carbocycles. The third kappa shape index (κ3) is 7.25. The smallest absolute Gasteiger partial charge is 0.224 e. The van der Waals surface area contributed by atoms with Gasteiger partial charge in [-0.25, -0.2) is 9.37 Å². The van der Waals surface area contributed by atoms with Crippen LogP contribution in [0.25, 0.3) is 0 Å². The number of hydrogen-bond donors (Lipinski definition) is 2. The third-order valence-corrected chi connectivity index (χ3v) is 3.27. The number of halogens is 3. The summed E-state index contributed by atoms with van der Waals surface area (Å²) in [6.45, 7) is 2.75. The van der Waals surface area contributed by atoms with Crippen LogP contribution in [-0.2, 0) is 11.3 Å². The van der Waals surface area contributed by atoms with Crippen LogP contribution in [0, 0.1) is 11.7 Å². The van der Waals surface area contributed by atoms with Gasteiger partial charge in [-0.15, -0.1) is 24.8 Å². The van der Waals surface area contributed by atoms with Crippen molar-refractivity contribution >= 4 is 30.7 Å². The number of amides is 1. The van der Waals surface area contributed by atoms with Gasteiger partial charge < -0.3 is 15.4 Å². The summed E-state index contributed by atoms with van der Waals surface area (Å²) in [6.07, 6.45) is 1.59. The fourth-order valence-electron chi connectivity index (χ4n) is 2.05. The minimum absolute atomic E-state index is 0. The van der Waals surface area contributed by atoms with Crippen molar-refractivity contribution in [1.82, 2.24) is 15.6 Å². The highest BCUT2D eigenvalue weighted by atomic mass is 35.5. The van der Waals surface area contributed by atoms with E-state index in [1.165, 1.54) is 12.1 Å². The maximum absolute atomic E-state index is 13.2. The quantitative estimate of drug-likeness (QED) is 0.762. The molecule has 0 saturated carbocycles. The molecule has 2 rings (SSSR count). The molecule has 0 aliphatic heterocycles. The van der Waals surface area contributed by atoms with Crippen molar-refractivity contribution in [2.45, 2.75) is 13.5 Å². The Morgan fingerprint density at radius 3 is 2.72 bits per heavy atom. The lowest BCUT2D eigenvalue weighted by Crippen LogP contribution is -2.34. The summed E-state index contributed by atoms with van der Waals surface area (Å²) in [5.74, 6) is 0.137. The number of hydrogen-bond acceptors (Lipinski definition) is 4. The zero-order valence-electron chi connectivity index (χ0n) is 14.0. The van der Waals surface area contributed by atoms with Gasteiger partial charge in [0.05, 0.1) is 0 Å². The van der Waals surface area contributed by atoms with Crippen molar-refractivity contribution in [3.8, 4) is 11.6 Å². The number of benzene rings is 1. The summed E-state index contributed by atoms with van der Waals surface area (Å²) in [7, 11) is 1.80. The van der Waals surface area contributed by atoms with E-state index in [1.54, 1.807) is 31.4 Å². The lowest BCUT2D eigenvalue weighted by atomic mass is 10.1.